The van der Waals surface area contributed by atoms with Gasteiger partial charge in [-0.2, -0.15) is 17.0 Å². The minimum Gasteiger partial charge on any atom is -0.258 e. The smallest absolute Gasteiger partial charge is 0.258 e. The molecule has 0 bridgehead atoms. The monoisotopic (exact) mass is 284 g/mol. The zero-order chi connectivity index (χ0) is 14.4. The van der Waals surface area contributed by atoms with Crippen molar-refractivity contribution in [1.29, 1.82) is 5.26 Å². The molecule has 0 aliphatic rings. The van der Waals surface area contributed by atoms with Gasteiger partial charge in [0.15, 0.2) is 0 Å². The molecule has 2 rings (SSSR count). The molecule has 0 aliphatic heterocycles. The first-order valence-corrected chi connectivity index (χ1v) is 7.14. The van der Waals surface area contributed by atoms with Crippen LogP contribution in [0.1, 0.15) is 16.7 Å². The third-order valence-corrected chi connectivity index (χ3v) is 3.84. The molecule has 0 amide bonds. The van der Waals surface area contributed by atoms with E-state index >= 15 is 0 Å². The van der Waals surface area contributed by atoms with Crippen LogP contribution in [0.2, 0.25) is 0 Å². The molecule has 0 saturated carbocycles. The summed E-state index contributed by atoms with van der Waals surface area (Å²) >= 11 is 1.73. The summed E-state index contributed by atoms with van der Waals surface area (Å²) in [6.45, 7) is 0. The van der Waals surface area contributed by atoms with Gasteiger partial charge in [0.25, 0.3) is 5.69 Å². The average Bonchev–Trinajstić information content (AvgIpc) is 2.48. The molecule has 0 radical (unpaired) electrons. The van der Waals surface area contributed by atoms with Gasteiger partial charge in [-0.3, -0.25) is 10.1 Å². The number of hydrogen-bond acceptors (Lipinski definition) is 4. The van der Waals surface area contributed by atoms with Crippen molar-refractivity contribution in [3.8, 4) is 6.07 Å². The minimum atomic E-state index is -0.395. The maximum atomic E-state index is 10.5. The van der Waals surface area contributed by atoms with Crippen LogP contribution in [0.4, 0.5) is 5.69 Å². The van der Waals surface area contributed by atoms with Crippen molar-refractivity contribution in [3.63, 3.8) is 0 Å². The first-order chi connectivity index (χ1) is 9.69. The van der Waals surface area contributed by atoms with Crippen LogP contribution in [0.3, 0.4) is 0 Å². The second-order valence-corrected chi connectivity index (χ2v) is 5.21. The number of hydrogen-bond donors (Lipinski definition) is 0. The Bertz CT molecular complexity index is 630. The largest absolute Gasteiger partial charge is 0.269 e. The van der Waals surface area contributed by atoms with Crippen molar-refractivity contribution < 1.29 is 4.92 Å². The van der Waals surface area contributed by atoms with E-state index < -0.39 is 4.92 Å². The van der Waals surface area contributed by atoms with Gasteiger partial charge in [-0.15, -0.1) is 0 Å². The topological polar surface area (TPSA) is 66.9 Å². The van der Waals surface area contributed by atoms with Crippen LogP contribution in [0.5, 0.6) is 0 Å². The van der Waals surface area contributed by atoms with Gasteiger partial charge in [0.2, 0.25) is 0 Å². The maximum Gasteiger partial charge on any atom is 0.269 e. The van der Waals surface area contributed by atoms with Gasteiger partial charge in [-0.1, -0.05) is 24.3 Å². The van der Waals surface area contributed by atoms with Crippen LogP contribution in [0.15, 0.2) is 48.5 Å². The van der Waals surface area contributed by atoms with Crippen LogP contribution < -0.4 is 0 Å². The summed E-state index contributed by atoms with van der Waals surface area (Å²) in [7, 11) is 0. The first-order valence-electron chi connectivity index (χ1n) is 5.99. The Morgan fingerprint density at radius 3 is 1.95 bits per heavy atom. The first kappa shape index (κ1) is 14.1. The molecule has 20 heavy (non-hydrogen) atoms. The Balaban J connectivity index is 1.86. The normalized spacial score (nSPS) is 9.95. The summed E-state index contributed by atoms with van der Waals surface area (Å²) in [4.78, 5) is 10.1. The Morgan fingerprint density at radius 1 is 1.00 bits per heavy atom. The number of rotatable bonds is 5. The Morgan fingerprint density at radius 2 is 1.50 bits per heavy atom. The highest BCUT2D eigenvalue weighted by molar-refractivity contribution is 7.97. The van der Waals surface area contributed by atoms with Crippen molar-refractivity contribution in [3.05, 3.63) is 75.3 Å². The Labute approximate surface area is 121 Å². The molecule has 0 aromatic heterocycles. The summed E-state index contributed by atoms with van der Waals surface area (Å²) in [6, 6.07) is 16.2. The van der Waals surface area contributed by atoms with Crippen molar-refractivity contribution in [1.82, 2.24) is 0 Å². The standard InChI is InChI=1S/C15H12N2O2S/c16-9-12-1-3-13(4-2-12)10-20-11-14-5-7-15(8-6-14)17(18)19/h1-8H,10-11H2. The fraction of sp³-hybridized carbons (Fsp3) is 0.133. The lowest BCUT2D eigenvalue weighted by Crippen LogP contribution is -1.88. The van der Waals surface area contributed by atoms with Gasteiger partial charge in [-0.25, -0.2) is 0 Å². The molecule has 4 nitrogen and oxygen atoms in total. The van der Waals surface area contributed by atoms with E-state index in [0.717, 1.165) is 22.6 Å². The molecule has 5 heteroatoms. The molecule has 0 aliphatic carbocycles. The summed E-state index contributed by atoms with van der Waals surface area (Å²) in [5.74, 6) is 1.65. The molecular weight excluding hydrogens is 272 g/mol. The van der Waals surface area contributed by atoms with Crippen LogP contribution >= 0.6 is 11.8 Å². The minimum absolute atomic E-state index is 0.117. The highest BCUT2D eigenvalue weighted by Crippen LogP contribution is 2.20. The molecule has 100 valence electrons. The number of thioether (sulfide) groups is 1. The molecule has 0 fully saturated rings. The van der Waals surface area contributed by atoms with Gasteiger partial charge in [0, 0.05) is 23.6 Å². The van der Waals surface area contributed by atoms with Crippen LogP contribution in [-0.4, -0.2) is 4.92 Å². The summed E-state index contributed by atoms with van der Waals surface area (Å²) in [5.41, 5.74) is 3.00. The lowest BCUT2D eigenvalue weighted by molar-refractivity contribution is -0.384. The summed E-state index contributed by atoms with van der Waals surface area (Å²) in [5, 5.41) is 19.3. The average molecular weight is 284 g/mol. The Hall–Kier alpha value is -2.32. The molecule has 0 unspecified atom stereocenters. The predicted molar refractivity (Wildman–Crippen MR) is 79.3 cm³/mol. The van der Waals surface area contributed by atoms with Gasteiger partial charge in [0.1, 0.15) is 0 Å². The fourth-order valence-electron chi connectivity index (χ4n) is 1.68. The number of nitro groups is 1. The lowest BCUT2D eigenvalue weighted by atomic mass is 10.2. The highest BCUT2D eigenvalue weighted by atomic mass is 32.2. The van der Waals surface area contributed by atoms with E-state index in [1.165, 1.54) is 12.1 Å². The van der Waals surface area contributed by atoms with Crippen molar-refractivity contribution in [2.24, 2.45) is 0 Å². The third kappa shape index (κ3) is 3.84. The number of nitrogens with zero attached hydrogens (tertiary/aromatic N) is 2. The Kier molecular flexibility index (Phi) is 4.75. The van der Waals surface area contributed by atoms with Crippen molar-refractivity contribution in [2.75, 3.05) is 0 Å². The molecular formula is C15H12N2O2S. The van der Waals surface area contributed by atoms with E-state index in [4.69, 9.17) is 5.26 Å². The number of nitro benzene ring substituents is 1. The van der Waals surface area contributed by atoms with E-state index in [9.17, 15) is 10.1 Å². The van der Waals surface area contributed by atoms with E-state index in [-0.39, 0.29) is 5.69 Å². The SMILES string of the molecule is N#Cc1ccc(CSCc2ccc([N+](=O)[O-])cc2)cc1. The molecule has 0 saturated heterocycles. The van der Waals surface area contributed by atoms with E-state index in [1.54, 1.807) is 23.9 Å². The number of nitriles is 1. The predicted octanol–water partition coefficient (Wildman–Crippen LogP) is 3.90. The number of non-ortho nitro benzene ring substituents is 1. The molecule has 0 N–H and O–H groups in total. The number of benzene rings is 2. The van der Waals surface area contributed by atoms with Crippen molar-refractivity contribution >= 4 is 17.4 Å². The lowest BCUT2D eigenvalue weighted by Gasteiger charge is -2.02. The highest BCUT2D eigenvalue weighted by Gasteiger charge is 2.03. The molecule has 2 aromatic carbocycles. The van der Waals surface area contributed by atoms with Gasteiger partial charge in [0.05, 0.1) is 16.6 Å². The maximum absolute atomic E-state index is 10.5. The van der Waals surface area contributed by atoms with E-state index in [0.29, 0.717) is 5.56 Å². The quantitative estimate of drug-likeness (QED) is 0.617. The van der Waals surface area contributed by atoms with E-state index in [1.807, 2.05) is 24.3 Å². The van der Waals surface area contributed by atoms with Crippen LogP contribution in [0.25, 0.3) is 0 Å². The van der Waals surface area contributed by atoms with Crippen LogP contribution in [-0.2, 0) is 11.5 Å². The fourth-order valence-corrected chi connectivity index (χ4v) is 2.63. The van der Waals surface area contributed by atoms with Crippen LogP contribution in [0, 0.1) is 21.4 Å². The third-order valence-electron chi connectivity index (χ3n) is 2.77. The van der Waals surface area contributed by atoms with Gasteiger partial charge in [-0.05, 0) is 23.3 Å². The van der Waals surface area contributed by atoms with Crippen molar-refractivity contribution in [2.45, 2.75) is 11.5 Å². The second-order valence-electron chi connectivity index (χ2n) is 4.23. The molecule has 2 aromatic rings. The summed E-state index contributed by atoms with van der Waals surface area (Å²) in [6.07, 6.45) is 0. The van der Waals surface area contributed by atoms with E-state index in [2.05, 4.69) is 6.07 Å². The molecule has 0 spiro atoms. The zero-order valence-corrected chi connectivity index (χ0v) is 11.5. The van der Waals surface area contributed by atoms with Gasteiger partial charge < -0.3 is 0 Å². The summed E-state index contributed by atoms with van der Waals surface area (Å²) < 4.78 is 0. The van der Waals surface area contributed by atoms with Gasteiger partial charge >= 0.3 is 0 Å². The zero-order valence-electron chi connectivity index (χ0n) is 10.7. The molecule has 0 atom stereocenters. The molecule has 0 heterocycles. The second kappa shape index (κ2) is 6.73.